The van der Waals surface area contributed by atoms with E-state index >= 15 is 0 Å². The lowest BCUT2D eigenvalue weighted by Gasteiger charge is -2.35. The largest absolute Gasteiger partial charge is 0.385 e. The number of piperidine rings is 1. The quantitative estimate of drug-likeness (QED) is 0.688. The van der Waals surface area contributed by atoms with Gasteiger partial charge in [-0.25, -0.2) is 8.42 Å². The van der Waals surface area contributed by atoms with Gasteiger partial charge in [0.15, 0.2) is 5.76 Å². The molecule has 2 heterocycles. The van der Waals surface area contributed by atoms with Gasteiger partial charge < -0.3 is 9.26 Å². The molecule has 2 aromatic rings. The van der Waals surface area contributed by atoms with Crippen molar-refractivity contribution in [2.75, 3.05) is 20.3 Å². The van der Waals surface area contributed by atoms with Crippen molar-refractivity contribution in [1.82, 2.24) is 9.46 Å². The van der Waals surface area contributed by atoms with Gasteiger partial charge >= 0.3 is 0 Å². The number of aromatic nitrogens is 1. The third kappa shape index (κ3) is 4.00. The van der Waals surface area contributed by atoms with E-state index in [-0.39, 0.29) is 6.04 Å². The molecule has 0 saturated carbocycles. The number of sulfonamides is 1. The third-order valence-electron chi connectivity index (χ3n) is 4.96. The molecule has 3 rings (SSSR count). The molecule has 0 radical (unpaired) electrons. The van der Waals surface area contributed by atoms with E-state index in [0.29, 0.717) is 23.8 Å². The average molecular weight is 378 g/mol. The molecule has 26 heavy (non-hydrogen) atoms. The lowest BCUT2D eigenvalue weighted by molar-refractivity contribution is 0.172. The molecule has 1 saturated heterocycles. The van der Waals surface area contributed by atoms with Crippen molar-refractivity contribution in [2.24, 2.45) is 0 Å². The van der Waals surface area contributed by atoms with Crippen LogP contribution in [0.1, 0.15) is 37.7 Å². The molecule has 1 unspecified atom stereocenters. The lowest BCUT2D eigenvalue weighted by atomic mass is 10.0. The minimum absolute atomic E-state index is 0.0391. The fourth-order valence-electron chi connectivity index (χ4n) is 3.56. The molecular weight excluding hydrogens is 352 g/mol. The van der Waals surface area contributed by atoms with Crippen LogP contribution in [0.3, 0.4) is 0 Å². The topological polar surface area (TPSA) is 72.6 Å². The molecule has 0 spiro atoms. The summed E-state index contributed by atoms with van der Waals surface area (Å²) in [5, 5.41) is 3.71. The Balaban J connectivity index is 1.91. The Morgan fingerprint density at radius 2 is 2.15 bits per heavy atom. The van der Waals surface area contributed by atoms with Crippen LogP contribution in [0.5, 0.6) is 0 Å². The smallest absolute Gasteiger partial charge is 0.243 e. The summed E-state index contributed by atoms with van der Waals surface area (Å²) < 4.78 is 38.9. The molecular formula is C19H26N2O4S. The van der Waals surface area contributed by atoms with Crippen LogP contribution in [0.4, 0.5) is 0 Å². The predicted molar refractivity (Wildman–Crippen MR) is 99.3 cm³/mol. The zero-order chi connectivity index (χ0) is 18.6. The maximum atomic E-state index is 13.4. The van der Waals surface area contributed by atoms with Crippen LogP contribution >= 0.6 is 0 Å². The van der Waals surface area contributed by atoms with Crippen LogP contribution < -0.4 is 0 Å². The van der Waals surface area contributed by atoms with Crippen molar-refractivity contribution in [1.29, 1.82) is 0 Å². The molecule has 0 bridgehead atoms. The standard InChI is InChI=1S/C19H26N2O4S/c1-15-8-9-16(18-10-11-20-25-18)14-19(15)26(22,23)21-12-4-3-6-17(21)7-5-13-24-2/h8-11,14,17H,3-7,12-13H2,1-2H3. The van der Waals surface area contributed by atoms with Crippen molar-refractivity contribution in [2.45, 2.75) is 50.0 Å². The lowest BCUT2D eigenvalue weighted by Crippen LogP contribution is -2.43. The van der Waals surface area contributed by atoms with Crippen LogP contribution in [-0.2, 0) is 14.8 Å². The van der Waals surface area contributed by atoms with Crippen LogP contribution in [-0.4, -0.2) is 44.2 Å². The van der Waals surface area contributed by atoms with E-state index in [0.717, 1.165) is 43.2 Å². The minimum atomic E-state index is -3.56. The Hall–Kier alpha value is -1.70. The summed E-state index contributed by atoms with van der Waals surface area (Å²) in [4.78, 5) is 0.352. The number of ether oxygens (including phenoxy) is 1. The second kappa shape index (κ2) is 8.33. The van der Waals surface area contributed by atoms with Gasteiger partial charge in [0.05, 0.1) is 11.1 Å². The van der Waals surface area contributed by atoms with E-state index in [1.54, 1.807) is 29.7 Å². The van der Waals surface area contributed by atoms with Gasteiger partial charge in [-0.15, -0.1) is 0 Å². The zero-order valence-electron chi connectivity index (χ0n) is 15.3. The molecule has 1 aliphatic rings. The van der Waals surface area contributed by atoms with Gasteiger partial charge in [-0.1, -0.05) is 23.7 Å². The highest BCUT2D eigenvalue weighted by Gasteiger charge is 2.34. The van der Waals surface area contributed by atoms with Crippen molar-refractivity contribution < 1.29 is 17.7 Å². The third-order valence-corrected chi connectivity index (χ3v) is 7.05. The summed E-state index contributed by atoms with van der Waals surface area (Å²) in [6.07, 6.45) is 6.13. The fraction of sp³-hybridized carbons (Fsp3) is 0.526. The van der Waals surface area contributed by atoms with E-state index in [2.05, 4.69) is 5.16 Å². The molecule has 1 atom stereocenters. The minimum Gasteiger partial charge on any atom is -0.385 e. The maximum absolute atomic E-state index is 13.4. The van der Waals surface area contributed by atoms with Gasteiger partial charge in [0, 0.05) is 37.9 Å². The van der Waals surface area contributed by atoms with E-state index in [4.69, 9.17) is 9.26 Å². The van der Waals surface area contributed by atoms with Gasteiger partial charge in [-0.05, 0) is 44.2 Å². The maximum Gasteiger partial charge on any atom is 0.243 e. The SMILES string of the molecule is COCCCC1CCCCN1S(=O)(=O)c1cc(-c2ccno2)ccc1C. The van der Waals surface area contributed by atoms with Gasteiger partial charge in [0.2, 0.25) is 10.0 Å². The molecule has 1 fully saturated rings. The second-order valence-electron chi connectivity index (χ2n) is 6.76. The highest BCUT2D eigenvalue weighted by molar-refractivity contribution is 7.89. The Labute approximate surface area is 155 Å². The number of nitrogens with zero attached hydrogens (tertiary/aromatic N) is 2. The summed E-state index contributed by atoms with van der Waals surface area (Å²) in [5.41, 5.74) is 1.47. The van der Waals surface area contributed by atoms with Gasteiger partial charge in [0.1, 0.15) is 0 Å². The van der Waals surface area contributed by atoms with E-state index in [1.165, 1.54) is 0 Å². The Morgan fingerprint density at radius 1 is 1.31 bits per heavy atom. The van der Waals surface area contributed by atoms with Crippen LogP contribution in [0.2, 0.25) is 0 Å². The van der Waals surface area contributed by atoms with Crippen molar-refractivity contribution in [3.8, 4) is 11.3 Å². The molecule has 0 amide bonds. The summed E-state index contributed by atoms with van der Waals surface area (Å²) in [5.74, 6) is 0.566. The first kappa shape index (κ1) is 19.1. The summed E-state index contributed by atoms with van der Waals surface area (Å²) >= 11 is 0. The Bertz CT molecular complexity index is 818. The van der Waals surface area contributed by atoms with Crippen LogP contribution in [0.25, 0.3) is 11.3 Å². The molecule has 0 N–H and O–H groups in total. The summed E-state index contributed by atoms with van der Waals surface area (Å²) in [6, 6.07) is 7.16. The molecule has 7 heteroatoms. The van der Waals surface area contributed by atoms with Gasteiger partial charge in [-0.3, -0.25) is 0 Å². The predicted octanol–water partition coefficient (Wildman–Crippen LogP) is 3.62. The number of benzene rings is 1. The summed E-state index contributed by atoms with van der Waals surface area (Å²) in [7, 11) is -1.89. The van der Waals surface area contributed by atoms with Crippen molar-refractivity contribution in [3.63, 3.8) is 0 Å². The molecule has 1 aliphatic heterocycles. The van der Waals surface area contributed by atoms with E-state index < -0.39 is 10.0 Å². The van der Waals surface area contributed by atoms with E-state index in [9.17, 15) is 8.42 Å². The average Bonchev–Trinajstić information content (AvgIpc) is 3.17. The molecule has 0 aliphatic carbocycles. The Morgan fingerprint density at radius 3 is 2.88 bits per heavy atom. The number of rotatable bonds is 7. The van der Waals surface area contributed by atoms with Gasteiger partial charge in [-0.2, -0.15) is 4.31 Å². The van der Waals surface area contributed by atoms with E-state index in [1.807, 2.05) is 19.1 Å². The second-order valence-corrected chi connectivity index (χ2v) is 8.62. The first-order valence-corrected chi connectivity index (χ1v) is 10.5. The Kier molecular flexibility index (Phi) is 6.11. The number of aryl methyl sites for hydroxylation is 1. The number of methoxy groups -OCH3 is 1. The monoisotopic (exact) mass is 378 g/mol. The van der Waals surface area contributed by atoms with Crippen molar-refractivity contribution in [3.05, 3.63) is 36.0 Å². The fourth-order valence-corrected chi connectivity index (χ4v) is 5.54. The van der Waals surface area contributed by atoms with Gasteiger partial charge in [0.25, 0.3) is 0 Å². The first-order chi connectivity index (χ1) is 12.5. The molecule has 1 aromatic heterocycles. The van der Waals surface area contributed by atoms with Crippen LogP contribution in [0, 0.1) is 6.92 Å². The molecule has 6 nitrogen and oxygen atoms in total. The number of hydrogen-bond acceptors (Lipinski definition) is 5. The molecule has 1 aromatic carbocycles. The first-order valence-electron chi connectivity index (χ1n) is 9.06. The van der Waals surface area contributed by atoms with Crippen LogP contribution in [0.15, 0.2) is 39.9 Å². The molecule has 142 valence electrons. The zero-order valence-corrected chi connectivity index (χ0v) is 16.2. The normalized spacial score (nSPS) is 18.9. The highest BCUT2D eigenvalue weighted by Crippen LogP contribution is 2.31. The number of hydrogen-bond donors (Lipinski definition) is 0. The summed E-state index contributed by atoms with van der Waals surface area (Å²) in [6.45, 7) is 3.07. The van der Waals surface area contributed by atoms with Crippen molar-refractivity contribution >= 4 is 10.0 Å². The highest BCUT2D eigenvalue weighted by atomic mass is 32.2.